The molecule has 34 heavy (non-hydrogen) atoms. The van der Waals surface area contributed by atoms with Crippen LogP contribution in [0.25, 0.3) is 5.69 Å². The summed E-state index contributed by atoms with van der Waals surface area (Å²) in [7, 11) is 0. The lowest BCUT2D eigenvalue weighted by Gasteiger charge is -2.33. The van der Waals surface area contributed by atoms with E-state index in [2.05, 4.69) is 34.4 Å². The van der Waals surface area contributed by atoms with Gasteiger partial charge in [-0.15, -0.1) is 5.10 Å². The Labute approximate surface area is 205 Å². The van der Waals surface area contributed by atoms with Crippen molar-refractivity contribution < 1.29 is 4.79 Å². The minimum atomic E-state index is -0.220. The van der Waals surface area contributed by atoms with E-state index in [-0.39, 0.29) is 23.4 Å². The largest absolute Gasteiger partial charge is 0.354 e. The summed E-state index contributed by atoms with van der Waals surface area (Å²) in [5.41, 5.74) is 2.63. The Morgan fingerprint density at radius 2 is 1.97 bits per heavy atom. The van der Waals surface area contributed by atoms with Crippen LogP contribution in [-0.4, -0.2) is 34.8 Å². The van der Waals surface area contributed by atoms with Gasteiger partial charge in [-0.3, -0.25) is 9.59 Å². The van der Waals surface area contributed by atoms with Gasteiger partial charge in [0, 0.05) is 30.2 Å². The van der Waals surface area contributed by atoms with Gasteiger partial charge in [-0.05, 0) is 68.9 Å². The molecule has 1 aliphatic heterocycles. The maximum atomic E-state index is 13.0. The van der Waals surface area contributed by atoms with Gasteiger partial charge in [0.25, 0.3) is 5.56 Å². The zero-order valence-corrected chi connectivity index (χ0v) is 20.5. The molecule has 1 aromatic heterocycles. The minimum Gasteiger partial charge on any atom is -0.354 e. The van der Waals surface area contributed by atoms with E-state index in [1.807, 2.05) is 37.3 Å². The number of nitrogens with one attached hydrogen (secondary N) is 1. The average molecular weight is 479 g/mol. The molecule has 6 nitrogen and oxygen atoms in total. The third-order valence-electron chi connectivity index (χ3n) is 6.40. The van der Waals surface area contributed by atoms with Crippen LogP contribution < -0.4 is 15.8 Å². The number of piperidine rings is 1. The number of benzene rings is 2. The van der Waals surface area contributed by atoms with Gasteiger partial charge in [-0.2, -0.15) is 4.68 Å². The number of amides is 1. The van der Waals surface area contributed by atoms with Crippen molar-refractivity contribution in [2.45, 2.75) is 45.6 Å². The van der Waals surface area contributed by atoms with Crippen molar-refractivity contribution >= 4 is 23.3 Å². The van der Waals surface area contributed by atoms with Crippen LogP contribution in [0.15, 0.2) is 65.5 Å². The zero-order valence-electron chi connectivity index (χ0n) is 19.7. The number of aryl methyl sites for hydroxylation is 2. The molecule has 0 unspecified atom stereocenters. The highest BCUT2D eigenvalue weighted by atomic mass is 35.5. The van der Waals surface area contributed by atoms with Gasteiger partial charge in [0.1, 0.15) is 5.82 Å². The van der Waals surface area contributed by atoms with Crippen LogP contribution in [0.4, 0.5) is 5.82 Å². The zero-order chi connectivity index (χ0) is 24.1. The average Bonchev–Trinajstić information content (AvgIpc) is 2.85. The van der Waals surface area contributed by atoms with E-state index < -0.39 is 0 Å². The van der Waals surface area contributed by atoms with Gasteiger partial charge in [0.15, 0.2) is 0 Å². The van der Waals surface area contributed by atoms with Crippen molar-refractivity contribution in [3.63, 3.8) is 0 Å². The van der Waals surface area contributed by atoms with Crippen molar-refractivity contribution in [3.8, 4) is 5.69 Å². The second kappa shape index (κ2) is 10.9. The smallest absolute Gasteiger partial charge is 0.271 e. The molecule has 2 heterocycles. The van der Waals surface area contributed by atoms with Crippen LogP contribution in [0, 0.1) is 12.8 Å². The number of hydrogen-bond donors (Lipinski definition) is 1. The normalized spacial score (nSPS) is 16.8. The van der Waals surface area contributed by atoms with Crippen LogP contribution in [0.5, 0.6) is 0 Å². The first kappa shape index (κ1) is 24.0. The molecular formula is C27H31ClN4O2. The Morgan fingerprint density at radius 3 is 2.74 bits per heavy atom. The fourth-order valence-electron chi connectivity index (χ4n) is 4.33. The number of carbonyl (C=O) groups excluding carboxylic acids is 1. The second-order valence-electron chi connectivity index (χ2n) is 9.09. The van der Waals surface area contributed by atoms with Gasteiger partial charge in [-0.1, -0.05) is 48.0 Å². The molecule has 1 amide bonds. The lowest BCUT2D eigenvalue weighted by Crippen LogP contribution is -2.46. The van der Waals surface area contributed by atoms with E-state index in [0.29, 0.717) is 23.1 Å². The summed E-state index contributed by atoms with van der Waals surface area (Å²) in [5, 5.41) is 8.38. The molecule has 178 valence electrons. The van der Waals surface area contributed by atoms with Crippen molar-refractivity contribution in [2.24, 2.45) is 5.92 Å². The summed E-state index contributed by atoms with van der Waals surface area (Å²) in [4.78, 5) is 27.6. The van der Waals surface area contributed by atoms with Gasteiger partial charge in [-0.25, -0.2) is 0 Å². The molecule has 1 fully saturated rings. The van der Waals surface area contributed by atoms with E-state index in [1.165, 1.54) is 16.3 Å². The van der Waals surface area contributed by atoms with Crippen molar-refractivity contribution in [3.05, 3.63) is 87.2 Å². The summed E-state index contributed by atoms with van der Waals surface area (Å²) < 4.78 is 1.37. The van der Waals surface area contributed by atoms with Gasteiger partial charge >= 0.3 is 0 Å². The maximum absolute atomic E-state index is 13.0. The van der Waals surface area contributed by atoms with Crippen LogP contribution in [0.3, 0.4) is 0 Å². The van der Waals surface area contributed by atoms with Crippen molar-refractivity contribution in [1.82, 2.24) is 15.1 Å². The molecule has 0 aliphatic carbocycles. The Hall–Kier alpha value is -3.12. The molecule has 0 spiro atoms. The highest BCUT2D eigenvalue weighted by Crippen LogP contribution is 2.23. The predicted molar refractivity (Wildman–Crippen MR) is 137 cm³/mol. The standard InChI is InChI=1S/C27H31ClN4O2/c1-19-10-13-23(17-24(19)28)32-26(33)15-14-25(30-32)31-16-6-9-22(18-31)27(34)29-20(2)11-12-21-7-4-3-5-8-21/h3-5,7-8,10,13-15,17,20,22H,6,9,11-12,16,18H2,1-2H3,(H,29,34)/t20-,22-/m0/s1. The molecule has 2 aromatic carbocycles. The first-order chi connectivity index (χ1) is 16.4. The summed E-state index contributed by atoms with van der Waals surface area (Å²) in [6.45, 7) is 5.36. The number of carbonyl (C=O) groups is 1. The summed E-state index contributed by atoms with van der Waals surface area (Å²) in [6.07, 6.45) is 3.58. The predicted octanol–water partition coefficient (Wildman–Crippen LogP) is 4.55. The summed E-state index contributed by atoms with van der Waals surface area (Å²) in [6, 6.07) is 19.1. The number of rotatable bonds is 7. The number of hydrogen-bond acceptors (Lipinski definition) is 4. The maximum Gasteiger partial charge on any atom is 0.271 e. The number of anilines is 1. The van der Waals surface area contributed by atoms with E-state index >= 15 is 0 Å². The third kappa shape index (κ3) is 5.86. The lowest BCUT2D eigenvalue weighted by atomic mass is 9.96. The van der Waals surface area contributed by atoms with Gasteiger partial charge < -0.3 is 10.2 Å². The minimum absolute atomic E-state index is 0.0869. The molecule has 1 N–H and O–H groups in total. The molecule has 3 aromatic rings. The van der Waals surface area contributed by atoms with Crippen LogP contribution in [0.2, 0.25) is 5.02 Å². The van der Waals surface area contributed by atoms with Gasteiger partial charge in [0.05, 0.1) is 11.6 Å². The fraction of sp³-hybridized carbons (Fsp3) is 0.370. The van der Waals surface area contributed by atoms with E-state index in [0.717, 1.165) is 37.8 Å². The monoisotopic (exact) mass is 478 g/mol. The Bertz CT molecular complexity index is 1190. The van der Waals surface area contributed by atoms with Gasteiger partial charge in [0.2, 0.25) is 5.91 Å². The topological polar surface area (TPSA) is 67.2 Å². The van der Waals surface area contributed by atoms with E-state index in [1.54, 1.807) is 12.1 Å². The fourth-order valence-corrected chi connectivity index (χ4v) is 4.50. The Kier molecular flexibility index (Phi) is 7.68. The first-order valence-corrected chi connectivity index (χ1v) is 12.2. The van der Waals surface area contributed by atoms with Crippen LogP contribution in [-0.2, 0) is 11.2 Å². The van der Waals surface area contributed by atoms with E-state index in [4.69, 9.17) is 11.6 Å². The van der Waals surface area contributed by atoms with Crippen LogP contribution in [0.1, 0.15) is 37.3 Å². The lowest BCUT2D eigenvalue weighted by molar-refractivity contribution is -0.125. The number of halogens is 1. The van der Waals surface area contributed by atoms with Crippen molar-refractivity contribution in [2.75, 3.05) is 18.0 Å². The summed E-state index contributed by atoms with van der Waals surface area (Å²) >= 11 is 6.26. The molecule has 7 heteroatoms. The molecular weight excluding hydrogens is 448 g/mol. The molecule has 0 bridgehead atoms. The highest BCUT2D eigenvalue weighted by molar-refractivity contribution is 6.31. The number of aromatic nitrogens is 2. The van der Waals surface area contributed by atoms with Crippen LogP contribution >= 0.6 is 11.6 Å². The Morgan fingerprint density at radius 1 is 1.18 bits per heavy atom. The van der Waals surface area contributed by atoms with Crippen molar-refractivity contribution in [1.29, 1.82) is 0 Å². The summed E-state index contributed by atoms with van der Waals surface area (Å²) in [5.74, 6) is 0.666. The highest BCUT2D eigenvalue weighted by Gasteiger charge is 2.27. The Balaban J connectivity index is 1.40. The quantitative estimate of drug-likeness (QED) is 0.541. The molecule has 2 atom stereocenters. The molecule has 0 radical (unpaired) electrons. The molecule has 4 rings (SSSR count). The third-order valence-corrected chi connectivity index (χ3v) is 6.81. The first-order valence-electron chi connectivity index (χ1n) is 11.9. The molecule has 0 saturated carbocycles. The SMILES string of the molecule is Cc1ccc(-n2nc(N3CCC[C@H](C(=O)N[C@@H](C)CCc4ccccc4)C3)ccc2=O)cc1Cl. The second-order valence-corrected chi connectivity index (χ2v) is 9.50. The number of nitrogens with zero attached hydrogens (tertiary/aromatic N) is 3. The molecule has 1 aliphatic rings. The molecule has 1 saturated heterocycles. The van der Waals surface area contributed by atoms with E-state index in [9.17, 15) is 9.59 Å².